The summed E-state index contributed by atoms with van der Waals surface area (Å²) in [6.45, 7) is 1.65. The second-order valence-electron chi connectivity index (χ2n) is 5.80. The highest BCUT2D eigenvalue weighted by Crippen LogP contribution is 2.26. The summed E-state index contributed by atoms with van der Waals surface area (Å²) >= 11 is 0. The van der Waals surface area contributed by atoms with Crippen LogP contribution in [0.25, 0.3) is 0 Å². The van der Waals surface area contributed by atoms with Gasteiger partial charge in [-0.25, -0.2) is 4.79 Å². The van der Waals surface area contributed by atoms with Gasteiger partial charge in [0.2, 0.25) is 0 Å². The fraction of sp³-hybridized carbons (Fsp3) is 0.235. The third kappa shape index (κ3) is 2.61. The normalized spacial score (nSPS) is 21.2. The summed E-state index contributed by atoms with van der Waals surface area (Å²) in [5.74, 6) is -2.66. The molecule has 2 aliphatic rings. The van der Waals surface area contributed by atoms with E-state index in [1.807, 2.05) is 6.07 Å². The molecule has 1 atom stereocenters. The molecule has 0 radical (unpaired) electrons. The molecule has 5 amide bonds. The predicted molar refractivity (Wildman–Crippen MR) is 89.5 cm³/mol. The number of amides is 5. The van der Waals surface area contributed by atoms with Crippen LogP contribution < -0.4 is 5.01 Å². The molecule has 0 aliphatic carbocycles. The van der Waals surface area contributed by atoms with Gasteiger partial charge in [-0.15, -0.1) is 0 Å². The first kappa shape index (κ1) is 16.6. The number of benzene rings is 1. The molecule has 2 aliphatic heterocycles. The molecule has 0 bridgehead atoms. The molecule has 1 aromatic rings. The number of rotatable bonds is 2. The summed E-state index contributed by atoms with van der Waals surface area (Å²) < 4.78 is 0. The molecule has 8 nitrogen and oxygen atoms in total. The van der Waals surface area contributed by atoms with Crippen LogP contribution in [-0.4, -0.2) is 53.4 Å². The Morgan fingerprint density at radius 3 is 2.08 bits per heavy atom. The van der Waals surface area contributed by atoms with Gasteiger partial charge < -0.3 is 0 Å². The van der Waals surface area contributed by atoms with Crippen LogP contribution in [0.4, 0.5) is 10.5 Å². The fourth-order valence-corrected chi connectivity index (χ4v) is 2.69. The SMILES string of the molecule is CC1=NN(c2ccccc2)C(=O)C1C=C1C(=O)N(C)C(=O)N(C)C1=O. The third-order valence-electron chi connectivity index (χ3n) is 4.16. The van der Waals surface area contributed by atoms with E-state index < -0.39 is 23.8 Å². The molecular weight excluding hydrogens is 324 g/mol. The van der Waals surface area contributed by atoms with Gasteiger partial charge in [-0.05, 0) is 25.1 Å². The zero-order valence-electron chi connectivity index (χ0n) is 14.0. The van der Waals surface area contributed by atoms with Crippen LogP contribution in [0.3, 0.4) is 0 Å². The van der Waals surface area contributed by atoms with Crippen molar-refractivity contribution in [1.29, 1.82) is 0 Å². The lowest BCUT2D eigenvalue weighted by atomic mass is 9.98. The van der Waals surface area contributed by atoms with E-state index in [0.29, 0.717) is 11.4 Å². The van der Waals surface area contributed by atoms with Crippen molar-refractivity contribution in [2.75, 3.05) is 19.1 Å². The van der Waals surface area contributed by atoms with E-state index in [4.69, 9.17) is 0 Å². The van der Waals surface area contributed by atoms with Crippen molar-refractivity contribution in [3.8, 4) is 0 Å². The van der Waals surface area contributed by atoms with Crippen LogP contribution in [-0.2, 0) is 14.4 Å². The molecule has 0 N–H and O–H groups in total. The Labute approximate surface area is 144 Å². The minimum absolute atomic E-state index is 0.215. The Morgan fingerprint density at radius 2 is 1.52 bits per heavy atom. The van der Waals surface area contributed by atoms with Gasteiger partial charge in [-0.2, -0.15) is 10.1 Å². The van der Waals surface area contributed by atoms with E-state index in [0.717, 1.165) is 9.80 Å². The predicted octanol–water partition coefficient (Wildman–Crippen LogP) is 1.00. The number of anilines is 1. The Kier molecular flexibility index (Phi) is 3.96. The highest BCUT2D eigenvalue weighted by Gasteiger charge is 2.41. The molecule has 128 valence electrons. The fourth-order valence-electron chi connectivity index (χ4n) is 2.69. The van der Waals surface area contributed by atoms with Crippen LogP contribution in [0, 0.1) is 5.92 Å². The molecule has 1 unspecified atom stereocenters. The summed E-state index contributed by atoms with van der Waals surface area (Å²) in [5.41, 5.74) is 0.843. The lowest BCUT2D eigenvalue weighted by molar-refractivity contribution is -0.134. The molecule has 0 aromatic heterocycles. The molecular formula is C17H16N4O4. The molecule has 1 aromatic carbocycles. The maximum Gasteiger partial charge on any atom is 0.333 e. The molecule has 0 saturated carbocycles. The second-order valence-corrected chi connectivity index (χ2v) is 5.80. The molecule has 2 heterocycles. The van der Waals surface area contributed by atoms with E-state index in [1.54, 1.807) is 31.2 Å². The van der Waals surface area contributed by atoms with Gasteiger partial charge in [0.1, 0.15) is 5.57 Å². The first-order chi connectivity index (χ1) is 11.8. The van der Waals surface area contributed by atoms with Crippen molar-refractivity contribution in [1.82, 2.24) is 9.80 Å². The molecule has 3 rings (SSSR count). The zero-order valence-corrected chi connectivity index (χ0v) is 14.0. The van der Waals surface area contributed by atoms with Crippen LogP contribution in [0.2, 0.25) is 0 Å². The summed E-state index contributed by atoms with van der Waals surface area (Å²) in [4.78, 5) is 50.7. The number of carbonyl (C=O) groups is 4. The van der Waals surface area contributed by atoms with Crippen LogP contribution in [0.5, 0.6) is 0 Å². The highest BCUT2D eigenvalue weighted by atomic mass is 16.2. The van der Waals surface area contributed by atoms with Gasteiger partial charge >= 0.3 is 6.03 Å². The standard InChI is InChI=1S/C17H16N4O4/c1-10-12(16(24)21(18-10)11-7-5-4-6-8-11)9-13-14(22)19(2)17(25)20(3)15(13)23/h4-9,12H,1-3H3. The monoisotopic (exact) mass is 340 g/mol. The van der Waals surface area contributed by atoms with Crippen molar-refractivity contribution in [2.24, 2.45) is 11.0 Å². The van der Waals surface area contributed by atoms with Crippen LogP contribution >= 0.6 is 0 Å². The minimum atomic E-state index is -0.835. The molecule has 8 heteroatoms. The summed E-state index contributed by atoms with van der Waals surface area (Å²) in [5, 5.41) is 5.47. The summed E-state index contributed by atoms with van der Waals surface area (Å²) in [6.07, 6.45) is 1.29. The smallest absolute Gasteiger partial charge is 0.271 e. The molecule has 1 fully saturated rings. The number of likely N-dealkylation sites (N-methyl/N-ethyl adjacent to an activating group) is 2. The number of hydrazone groups is 1. The molecule has 25 heavy (non-hydrogen) atoms. The van der Waals surface area contributed by atoms with Gasteiger partial charge in [0, 0.05) is 14.1 Å². The first-order valence-corrected chi connectivity index (χ1v) is 7.59. The second kappa shape index (κ2) is 5.97. The Bertz CT molecular complexity index is 817. The molecule has 0 spiro atoms. The van der Waals surface area contributed by atoms with Gasteiger partial charge in [-0.3, -0.25) is 24.2 Å². The van der Waals surface area contributed by atoms with Gasteiger partial charge in [0.15, 0.2) is 0 Å². The minimum Gasteiger partial charge on any atom is -0.271 e. The van der Waals surface area contributed by atoms with Crippen LogP contribution in [0.1, 0.15) is 6.92 Å². The van der Waals surface area contributed by atoms with Crippen molar-refractivity contribution in [3.05, 3.63) is 42.0 Å². The highest BCUT2D eigenvalue weighted by molar-refractivity contribution is 6.29. The van der Waals surface area contributed by atoms with Gasteiger partial charge in [0.25, 0.3) is 17.7 Å². The first-order valence-electron chi connectivity index (χ1n) is 7.59. The number of urea groups is 1. The number of para-hydroxylation sites is 1. The number of barbiturate groups is 1. The summed E-state index contributed by atoms with van der Waals surface area (Å²) in [7, 11) is 2.57. The third-order valence-corrected chi connectivity index (χ3v) is 4.16. The number of hydrogen-bond donors (Lipinski definition) is 0. The number of nitrogens with zero attached hydrogens (tertiary/aromatic N) is 4. The van der Waals surface area contributed by atoms with E-state index in [-0.39, 0.29) is 11.5 Å². The van der Waals surface area contributed by atoms with E-state index in [1.165, 1.54) is 25.2 Å². The van der Waals surface area contributed by atoms with E-state index >= 15 is 0 Å². The molecule has 1 saturated heterocycles. The average molecular weight is 340 g/mol. The lowest BCUT2D eigenvalue weighted by Gasteiger charge is -2.29. The largest absolute Gasteiger partial charge is 0.333 e. The van der Waals surface area contributed by atoms with Crippen molar-refractivity contribution in [2.45, 2.75) is 6.92 Å². The van der Waals surface area contributed by atoms with Gasteiger partial charge in [0.05, 0.1) is 17.3 Å². The Morgan fingerprint density at radius 1 is 0.960 bits per heavy atom. The average Bonchev–Trinajstić information content (AvgIpc) is 2.90. The quantitative estimate of drug-likeness (QED) is 0.593. The lowest BCUT2D eigenvalue weighted by Crippen LogP contribution is -2.53. The van der Waals surface area contributed by atoms with Crippen molar-refractivity contribution < 1.29 is 19.2 Å². The van der Waals surface area contributed by atoms with Crippen molar-refractivity contribution in [3.63, 3.8) is 0 Å². The number of carbonyl (C=O) groups excluding carboxylic acids is 4. The Hall–Kier alpha value is -3.29. The number of hydrogen-bond acceptors (Lipinski definition) is 5. The number of imide groups is 2. The van der Waals surface area contributed by atoms with E-state index in [9.17, 15) is 19.2 Å². The van der Waals surface area contributed by atoms with Gasteiger partial charge in [-0.1, -0.05) is 18.2 Å². The topological polar surface area (TPSA) is 90.4 Å². The van der Waals surface area contributed by atoms with Crippen molar-refractivity contribution >= 4 is 35.2 Å². The maximum atomic E-state index is 12.7. The van der Waals surface area contributed by atoms with E-state index in [2.05, 4.69) is 5.10 Å². The maximum absolute atomic E-state index is 12.7. The van der Waals surface area contributed by atoms with Crippen LogP contribution in [0.15, 0.2) is 47.1 Å². The summed E-state index contributed by atoms with van der Waals surface area (Å²) in [6, 6.07) is 8.15. The Balaban J connectivity index is 1.95. The zero-order chi connectivity index (χ0) is 18.3.